The number of benzene rings is 2. The molecule has 1 aromatic heterocycles. The van der Waals surface area contributed by atoms with Gasteiger partial charge < -0.3 is 30.0 Å². The van der Waals surface area contributed by atoms with Crippen LogP contribution in [0.3, 0.4) is 0 Å². The topological polar surface area (TPSA) is 158 Å². The molecule has 15 heteroatoms. The van der Waals surface area contributed by atoms with Gasteiger partial charge in [0, 0.05) is 55.8 Å². The number of hydrogen-bond donors (Lipinski definition) is 4. The molecule has 7 rings (SSSR count). The Balaban J connectivity index is 0.783. The molecule has 55 heavy (non-hydrogen) atoms. The Kier molecular flexibility index (Phi) is 13.3. The molecule has 1 atom stereocenters. The molecule has 3 amide bonds. The van der Waals surface area contributed by atoms with Gasteiger partial charge in [0.15, 0.2) is 0 Å². The molecule has 4 saturated heterocycles. The van der Waals surface area contributed by atoms with Crippen molar-refractivity contribution in [2.75, 3.05) is 71.0 Å². The van der Waals surface area contributed by atoms with E-state index in [9.17, 15) is 23.6 Å². The molecule has 0 radical (unpaired) electrons. The van der Waals surface area contributed by atoms with Gasteiger partial charge in [0.1, 0.15) is 28.8 Å². The fourth-order valence-electron chi connectivity index (χ4n) is 7.97. The van der Waals surface area contributed by atoms with Crippen LogP contribution in [0.5, 0.6) is 5.75 Å². The molecule has 0 aliphatic carbocycles. The van der Waals surface area contributed by atoms with Crippen molar-refractivity contribution in [1.82, 2.24) is 30.4 Å². The number of ether oxygens (including phenoxy) is 2. The Hall–Kier alpha value is -4.05. The number of likely N-dealkylation sites (tertiary alicyclic amines) is 2. The van der Waals surface area contributed by atoms with Gasteiger partial charge in [-0.2, -0.15) is 11.8 Å². The molecular formula is C40H52FN7O6S. The number of imide groups is 1. The molecule has 4 fully saturated rings. The van der Waals surface area contributed by atoms with Gasteiger partial charge in [-0.25, -0.2) is 9.37 Å². The highest BCUT2D eigenvalue weighted by atomic mass is 32.2. The van der Waals surface area contributed by atoms with E-state index < -0.39 is 17.4 Å². The number of nitrogens with zero attached hydrogens (tertiary/aromatic N) is 3. The Bertz CT molecular complexity index is 1870. The average Bonchev–Trinajstić information content (AvgIpc) is 3.18. The van der Waals surface area contributed by atoms with Crippen molar-refractivity contribution in [1.29, 1.82) is 0 Å². The maximum atomic E-state index is 14.9. The van der Waals surface area contributed by atoms with E-state index in [0.29, 0.717) is 85.7 Å². The lowest BCUT2D eigenvalue weighted by Gasteiger charge is -2.33. The second-order valence-corrected chi connectivity index (χ2v) is 16.5. The normalized spacial score (nSPS) is 21.1. The maximum absolute atomic E-state index is 14.9. The summed E-state index contributed by atoms with van der Waals surface area (Å²) in [6.45, 7) is 7.29. The summed E-state index contributed by atoms with van der Waals surface area (Å²) >= 11 is 1.73. The summed E-state index contributed by atoms with van der Waals surface area (Å²) < 4.78 is 26.2. The van der Waals surface area contributed by atoms with Crippen molar-refractivity contribution in [2.45, 2.75) is 74.3 Å². The third kappa shape index (κ3) is 10.8. The van der Waals surface area contributed by atoms with E-state index in [1.54, 1.807) is 17.8 Å². The van der Waals surface area contributed by atoms with Gasteiger partial charge in [-0.15, -0.1) is 0 Å². The molecule has 13 nitrogen and oxygen atoms in total. The lowest BCUT2D eigenvalue weighted by molar-refractivity contribution is -0.133. The minimum Gasteiger partial charge on any atom is -0.493 e. The Morgan fingerprint density at radius 2 is 1.76 bits per heavy atom. The van der Waals surface area contributed by atoms with Crippen LogP contribution < -0.4 is 26.2 Å². The molecule has 296 valence electrons. The molecule has 0 saturated carbocycles. The van der Waals surface area contributed by atoms with Crippen LogP contribution in [0.25, 0.3) is 10.9 Å². The summed E-state index contributed by atoms with van der Waals surface area (Å²) in [6, 6.07) is 10.8. The Labute approximate surface area is 324 Å². The predicted octanol–water partition coefficient (Wildman–Crippen LogP) is 3.78. The second-order valence-electron chi connectivity index (χ2n) is 15.2. The van der Waals surface area contributed by atoms with E-state index in [1.807, 2.05) is 12.1 Å². The highest BCUT2D eigenvalue weighted by Crippen LogP contribution is 2.31. The van der Waals surface area contributed by atoms with E-state index in [2.05, 4.69) is 47.9 Å². The average molecular weight is 778 g/mol. The third-order valence-corrected chi connectivity index (χ3v) is 12.6. The van der Waals surface area contributed by atoms with Crippen LogP contribution in [0.2, 0.25) is 0 Å². The maximum Gasteiger partial charge on any atom is 0.261 e. The first-order valence-electron chi connectivity index (χ1n) is 19.7. The number of amides is 3. The van der Waals surface area contributed by atoms with Crippen molar-refractivity contribution in [2.24, 2.45) is 5.92 Å². The number of fused-ring (bicyclic) bond motifs is 1. The van der Waals surface area contributed by atoms with E-state index in [1.165, 1.54) is 11.6 Å². The number of carbonyl (C=O) groups excluding carboxylic acids is 3. The van der Waals surface area contributed by atoms with Crippen molar-refractivity contribution >= 4 is 46.1 Å². The third-order valence-electron chi connectivity index (χ3n) is 11.2. The molecule has 0 bridgehead atoms. The number of H-pyrrole nitrogens is 1. The summed E-state index contributed by atoms with van der Waals surface area (Å²) in [6.07, 6.45) is 6.59. The van der Waals surface area contributed by atoms with Crippen LogP contribution in [-0.2, 0) is 24.9 Å². The first-order valence-corrected chi connectivity index (χ1v) is 20.8. The van der Waals surface area contributed by atoms with Crippen LogP contribution in [0.4, 0.5) is 10.1 Å². The molecule has 4 aliphatic heterocycles. The second kappa shape index (κ2) is 18.7. The summed E-state index contributed by atoms with van der Waals surface area (Å²) in [5.74, 6) is 1.14. The number of halogens is 1. The van der Waals surface area contributed by atoms with E-state index in [-0.39, 0.29) is 23.1 Å². The zero-order valence-electron chi connectivity index (χ0n) is 31.3. The lowest BCUT2D eigenvalue weighted by Crippen LogP contribution is -2.47. The highest BCUT2D eigenvalue weighted by Gasteiger charge is 2.27. The van der Waals surface area contributed by atoms with Gasteiger partial charge in [0.2, 0.25) is 17.7 Å². The molecule has 0 spiro atoms. The SMILES string of the molecule is O=C(CN1CCC(SCc2nc3cc(OCC4CCOCC4)cc(F)c3c(=O)[nH]2)CC1)NCCN1CCC(c2cccc(NC3CCC(=O)NC3=O)c2)CC1. The zero-order chi connectivity index (χ0) is 38.1. The largest absolute Gasteiger partial charge is 0.493 e. The van der Waals surface area contributed by atoms with Crippen molar-refractivity contribution in [3.63, 3.8) is 0 Å². The minimum absolute atomic E-state index is 0.0441. The van der Waals surface area contributed by atoms with Gasteiger partial charge in [-0.1, -0.05) is 12.1 Å². The number of aromatic amines is 1. The van der Waals surface area contributed by atoms with Gasteiger partial charge in [0.05, 0.1) is 24.4 Å². The lowest BCUT2D eigenvalue weighted by atomic mass is 9.89. The molecule has 4 N–H and O–H groups in total. The summed E-state index contributed by atoms with van der Waals surface area (Å²) in [5.41, 5.74) is 1.97. The molecular weight excluding hydrogens is 726 g/mol. The number of rotatable bonds is 14. The first kappa shape index (κ1) is 39.2. The quantitative estimate of drug-likeness (QED) is 0.177. The Morgan fingerprint density at radius 1 is 0.982 bits per heavy atom. The number of anilines is 1. The van der Waals surface area contributed by atoms with Gasteiger partial charge in [-0.05, 0) is 101 Å². The number of aromatic nitrogens is 2. The molecule has 2 aromatic carbocycles. The van der Waals surface area contributed by atoms with Crippen molar-refractivity contribution in [3.8, 4) is 5.75 Å². The number of piperidine rings is 3. The summed E-state index contributed by atoms with van der Waals surface area (Å²) in [5, 5.41) is 9.13. The van der Waals surface area contributed by atoms with Crippen molar-refractivity contribution < 1.29 is 28.2 Å². The fraction of sp³-hybridized carbons (Fsp3) is 0.575. The van der Waals surface area contributed by atoms with Crippen LogP contribution in [0.15, 0.2) is 41.2 Å². The zero-order valence-corrected chi connectivity index (χ0v) is 32.1. The number of carbonyl (C=O) groups is 3. The highest BCUT2D eigenvalue weighted by molar-refractivity contribution is 7.99. The predicted molar refractivity (Wildman–Crippen MR) is 210 cm³/mol. The van der Waals surface area contributed by atoms with Gasteiger partial charge >= 0.3 is 0 Å². The molecule has 1 unspecified atom stereocenters. The molecule has 3 aromatic rings. The smallest absolute Gasteiger partial charge is 0.261 e. The summed E-state index contributed by atoms with van der Waals surface area (Å²) in [4.78, 5) is 61.2. The van der Waals surface area contributed by atoms with E-state index >= 15 is 0 Å². The van der Waals surface area contributed by atoms with Crippen LogP contribution in [0, 0.1) is 11.7 Å². The van der Waals surface area contributed by atoms with E-state index in [0.717, 1.165) is 76.9 Å². The summed E-state index contributed by atoms with van der Waals surface area (Å²) in [7, 11) is 0. The van der Waals surface area contributed by atoms with E-state index in [4.69, 9.17) is 9.47 Å². The van der Waals surface area contributed by atoms with Crippen LogP contribution in [0.1, 0.15) is 68.7 Å². The Morgan fingerprint density at radius 3 is 2.55 bits per heavy atom. The van der Waals surface area contributed by atoms with Gasteiger partial charge in [-0.3, -0.25) is 29.4 Å². The number of nitrogens with one attached hydrogen (secondary N) is 4. The monoisotopic (exact) mass is 777 g/mol. The van der Waals surface area contributed by atoms with Crippen LogP contribution >= 0.6 is 11.8 Å². The van der Waals surface area contributed by atoms with Gasteiger partial charge in [0.25, 0.3) is 5.56 Å². The van der Waals surface area contributed by atoms with Crippen molar-refractivity contribution in [3.05, 3.63) is 64.0 Å². The first-order chi connectivity index (χ1) is 26.8. The standard InChI is InChI=1S/C40H52FN7O6S/c41-32-21-30(54-24-26-10-18-53-19-11-26)22-34-38(32)40(52)45-35(44-34)25-55-31-8-15-48(16-9-31)23-37(50)42-12-17-47-13-6-27(7-14-47)28-2-1-3-29(20-28)43-33-4-5-36(49)46-39(33)51/h1-3,20-22,26-27,31,33,43H,4-19,23-25H2,(H,42,50)(H,44,45,52)(H,46,49,51). The van der Waals surface area contributed by atoms with Crippen LogP contribution in [-0.4, -0.2) is 114 Å². The fourth-order valence-corrected chi connectivity index (χ4v) is 9.05. The number of thioether (sulfide) groups is 1. The molecule has 4 aliphatic rings. The minimum atomic E-state index is -0.633. The molecule has 5 heterocycles. The number of hydrogen-bond acceptors (Lipinski definition) is 11.